The fourth-order valence-electron chi connectivity index (χ4n) is 1.46. The maximum atomic E-state index is 11.9. The number of carbonyl (C=O) groups is 2. The van der Waals surface area contributed by atoms with Crippen molar-refractivity contribution in [3.05, 3.63) is 46.3 Å². The largest absolute Gasteiger partial charge is 0.462 e. The van der Waals surface area contributed by atoms with Crippen molar-refractivity contribution in [1.29, 1.82) is 0 Å². The second kappa shape index (κ2) is 6.10. The molecular formula is C13H12N2O3S. The first-order valence-corrected chi connectivity index (χ1v) is 6.57. The van der Waals surface area contributed by atoms with Crippen LogP contribution in [0.15, 0.2) is 35.8 Å². The molecule has 0 unspecified atom stereocenters. The van der Waals surface area contributed by atoms with E-state index in [4.69, 9.17) is 4.74 Å². The van der Waals surface area contributed by atoms with Gasteiger partial charge >= 0.3 is 5.97 Å². The fourth-order valence-corrected chi connectivity index (χ4v) is 2.07. The number of nitrogens with one attached hydrogen (secondary N) is 1. The Kier molecular flexibility index (Phi) is 4.25. The predicted octanol–water partition coefficient (Wildman–Crippen LogP) is 2.57. The molecular weight excluding hydrogens is 264 g/mol. The zero-order chi connectivity index (χ0) is 13.7. The minimum Gasteiger partial charge on any atom is -0.462 e. The van der Waals surface area contributed by atoms with Crippen LogP contribution >= 0.6 is 11.3 Å². The lowest BCUT2D eigenvalue weighted by molar-refractivity contribution is 0.0527. The number of esters is 1. The van der Waals surface area contributed by atoms with Gasteiger partial charge in [0.05, 0.1) is 11.5 Å². The van der Waals surface area contributed by atoms with Gasteiger partial charge < -0.3 is 10.1 Å². The van der Waals surface area contributed by atoms with Gasteiger partial charge in [-0.2, -0.15) is 0 Å². The normalized spacial score (nSPS) is 9.95. The minimum absolute atomic E-state index is 0.208. The van der Waals surface area contributed by atoms with Crippen LogP contribution in [-0.2, 0) is 4.74 Å². The highest BCUT2D eigenvalue weighted by Gasteiger charge is 2.16. The molecule has 0 fully saturated rings. The van der Waals surface area contributed by atoms with Crippen LogP contribution in [0.3, 0.4) is 0 Å². The first kappa shape index (κ1) is 13.2. The maximum Gasteiger partial charge on any atom is 0.341 e. The molecule has 2 aromatic rings. The third-order valence-electron chi connectivity index (χ3n) is 2.28. The molecule has 6 heteroatoms. The summed E-state index contributed by atoms with van der Waals surface area (Å²) in [5.74, 6) is -0.587. The van der Waals surface area contributed by atoms with E-state index in [1.54, 1.807) is 36.6 Å². The summed E-state index contributed by atoms with van der Waals surface area (Å²) in [6.07, 6.45) is 1.51. The number of rotatable bonds is 4. The second-order valence-electron chi connectivity index (χ2n) is 3.55. The average Bonchev–Trinajstić information content (AvgIpc) is 2.93. The Morgan fingerprint density at radius 2 is 2.21 bits per heavy atom. The van der Waals surface area contributed by atoms with Gasteiger partial charge in [0.15, 0.2) is 0 Å². The molecule has 0 atom stereocenters. The predicted molar refractivity (Wildman–Crippen MR) is 72.5 cm³/mol. The molecule has 0 aliphatic heterocycles. The van der Waals surface area contributed by atoms with E-state index in [1.165, 1.54) is 17.5 Å². The molecule has 0 saturated heterocycles. The second-order valence-corrected chi connectivity index (χ2v) is 4.50. The lowest BCUT2D eigenvalue weighted by Crippen LogP contribution is -2.16. The summed E-state index contributed by atoms with van der Waals surface area (Å²) in [4.78, 5) is 28.2. The van der Waals surface area contributed by atoms with Gasteiger partial charge in [-0.05, 0) is 30.5 Å². The highest BCUT2D eigenvalue weighted by Crippen LogP contribution is 2.16. The summed E-state index contributed by atoms with van der Waals surface area (Å²) in [5, 5.41) is 4.42. The number of pyridine rings is 1. The third-order valence-corrected chi connectivity index (χ3v) is 3.15. The number of carbonyl (C=O) groups excluding carboxylic acids is 2. The van der Waals surface area contributed by atoms with Crippen molar-refractivity contribution in [2.45, 2.75) is 6.92 Å². The molecule has 5 nitrogen and oxygen atoms in total. The van der Waals surface area contributed by atoms with Gasteiger partial charge in [-0.15, -0.1) is 11.3 Å². The molecule has 2 rings (SSSR count). The Bertz CT molecular complexity index is 581. The summed E-state index contributed by atoms with van der Waals surface area (Å²) >= 11 is 1.32. The van der Waals surface area contributed by atoms with E-state index in [9.17, 15) is 9.59 Å². The summed E-state index contributed by atoms with van der Waals surface area (Å²) in [7, 11) is 0. The molecule has 2 aromatic heterocycles. The van der Waals surface area contributed by atoms with E-state index in [-0.39, 0.29) is 23.9 Å². The summed E-state index contributed by atoms with van der Waals surface area (Å²) < 4.78 is 4.91. The molecule has 0 aromatic carbocycles. The molecule has 0 saturated carbocycles. The Balaban J connectivity index is 2.21. The van der Waals surface area contributed by atoms with E-state index in [2.05, 4.69) is 10.3 Å². The molecule has 0 spiro atoms. The number of hydrogen-bond donors (Lipinski definition) is 1. The van der Waals surface area contributed by atoms with Gasteiger partial charge in [-0.25, -0.2) is 9.78 Å². The van der Waals surface area contributed by atoms with Crippen LogP contribution in [0, 0.1) is 0 Å². The first-order chi connectivity index (χ1) is 9.22. The Morgan fingerprint density at radius 1 is 1.37 bits per heavy atom. The zero-order valence-electron chi connectivity index (χ0n) is 10.3. The zero-order valence-corrected chi connectivity index (χ0v) is 11.1. The van der Waals surface area contributed by atoms with Crippen LogP contribution in [0.5, 0.6) is 0 Å². The van der Waals surface area contributed by atoms with Crippen LogP contribution in [0.25, 0.3) is 0 Å². The maximum absolute atomic E-state index is 11.9. The quantitative estimate of drug-likeness (QED) is 0.871. The molecule has 0 radical (unpaired) electrons. The molecule has 0 aliphatic rings. The fraction of sp³-hybridized carbons (Fsp3) is 0.154. The summed E-state index contributed by atoms with van der Waals surface area (Å²) in [5.41, 5.74) is 0.245. The van der Waals surface area contributed by atoms with Crippen LogP contribution in [0.2, 0.25) is 0 Å². The summed E-state index contributed by atoms with van der Waals surface area (Å²) in [6.45, 7) is 1.99. The van der Waals surface area contributed by atoms with E-state index in [0.717, 1.165) is 0 Å². The highest BCUT2D eigenvalue weighted by atomic mass is 32.1. The number of nitrogens with zero attached hydrogens (tertiary/aromatic N) is 1. The van der Waals surface area contributed by atoms with Crippen LogP contribution in [0.1, 0.15) is 27.0 Å². The van der Waals surface area contributed by atoms with Crippen molar-refractivity contribution in [1.82, 2.24) is 4.98 Å². The van der Waals surface area contributed by atoms with Gasteiger partial charge in [-0.1, -0.05) is 6.07 Å². The monoisotopic (exact) mass is 276 g/mol. The number of amides is 1. The standard InChI is InChI=1S/C13H12N2O3S/c1-2-18-13(17)9-5-3-7-14-11(9)15-12(16)10-6-4-8-19-10/h3-8H,2H2,1H3,(H,14,15,16). The number of hydrogen-bond acceptors (Lipinski definition) is 5. The highest BCUT2D eigenvalue weighted by molar-refractivity contribution is 7.12. The number of anilines is 1. The minimum atomic E-state index is -0.503. The Morgan fingerprint density at radius 3 is 2.89 bits per heavy atom. The number of ether oxygens (including phenoxy) is 1. The van der Waals surface area contributed by atoms with Crippen molar-refractivity contribution in [3.63, 3.8) is 0 Å². The lowest BCUT2D eigenvalue weighted by atomic mass is 10.2. The molecule has 19 heavy (non-hydrogen) atoms. The van der Waals surface area contributed by atoms with Gasteiger partial charge in [-0.3, -0.25) is 4.79 Å². The van der Waals surface area contributed by atoms with Crippen LogP contribution < -0.4 is 5.32 Å². The third kappa shape index (κ3) is 3.17. The molecule has 2 heterocycles. The molecule has 1 amide bonds. The van der Waals surface area contributed by atoms with Gasteiger partial charge in [0.25, 0.3) is 5.91 Å². The lowest BCUT2D eigenvalue weighted by Gasteiger charge is -2.08. The van der Waals surface area contributed by atoms with Crippen LogP contribution in [-0.4, -0.2) is 23.5 Å². The Hall–Kier alpha value is -2.21. The van der Waals surface area contributed by atoms with Crippen molar-refractivity contribution in [2.24, 2.45) is 0 Å². The molecule has 1 N–H and O–H groups in total. The number of thiophene rings is 1. The van der Waals surface area contributed by atoms with Crippen molar-refractivity contribution in [3.8, 4) is 0 Å². The summed E-state index contributed by atoms with van der Waals surface area (Å²) in [6, 6.07) is 6.67. The van der Waals surface area contributed by atoms with Crippen molar-refractivity contribution < 1.29 is 14.3 Å². The molecule has 98 valence electrons. The van der Waals surface area contributed by atoms with Gasteiger partial charge in [0.2, 0.25) is 0 Å². The van der Waals surface area contributed by atoms with Crippen LogP contribution in [0.4, 0.5) is 5.82 Å². The van der Waals surface area contributed by atoms with Gasteiger partial charge in [0.1, 0.15) is 11.4 Å². The van der Waals surface area contributed by atoms with Crippen molar-refractivity contribution >= 4 is 29.0 Å². The SMILES string of the molecule is CCOC(=O)c1cccnc1NC(=O)c1cccs1. The van der Waals surface area contributed by atoms with E-state index >= 15 is 0 Å². The molecule has 0 bridgehead atoms. The van der Waals surface area contributed by atoms with E-state index < -0.39 is 5.97 Å². The van der Waals surface area contributed by atoms with E-state index in [1.807, 2.05) is 0 Å². The Labute approximate surface area is 114 Å². The van der Waals surface area contributed by atoms with E-state index in [0.29, 0.717) is 4.88 Å². The average molecular weight is 276 g/mol. The van der Waals surface area contributed by atoms with Gasteiger partial charge in [0, 0.05) is 6.20 Å². The van der Waals surface area contributed by atoms with Crippen molar-refractivity contribution in [2.75, 3.05) is 11.9 Å². The topological polar surface area (TPSA) is 68.3 Å². The smallest absolute Gasteiger partial charge is 0.341 e. The number of aromatic nitrogens is 1. The molecule has 0 aliphatic carbocycles. The first-order valence-electron chi connectivity index (χ1n) is 5.69.